The SMILES string of the molecule is CC(C)(C)c1ncn(Sc2nccs2)n1. The van der Waals surface area contributed by atoms with Gasteiger partial charge in [-0.05, 0) is 0 Å². The Balaban J connectivity index is 2.15. The second kappa shape index (κ2) is 3.94. The van der Waals surface area contributed by atoms with Crippen LogP contribution < -0.4 is 0 Å². The Labute approximate surface area is 96.9 Å². The second-order valence-corrected chi connectivity index (χ2v) is 6.21. The largest absolute Gasteiger partial charge is 0.237 e. The quantitative estimate of drug-likeness (QED) is 0.809. The molecule has 2 aromatic heterocycles. The maximum Gasteiger partial charge on any atom is 0.172 e. The van der Waals surface area contributed by atoms with E-state index in [-0.39, 0.29) is 5.41 Å². The third-order valence-corrected chi connectivity index (χ3v) is 3.43. The van der Waals surface area contributed by atoms with Crippen LogP contribution in [-0.4, -0.2) is 19.2 Å². The van der Waals surface area contributed by atoms with Crippen molar-refractivity contribution in [3.05, 3.63) is 23.7 Å². The molecular weight excluding hydrogens is 228 g/mol. The average molecular weight is 240 g/mol. The van der Waals surface area contributed by atoms with Gasteiger partial charge in [0.25, 0.3) is 0 Å². The lowest BCUT2D eigenvalue weighted by Gasteiger charge is -2.11. The van der Waals surface area contributed by atoms with Gasteiger partial charge in [0, 0.05) is 28.9 Å². The minimum atomic E-state index is -0.00527. The molecule has 6 heteroatoms. The van der Waals surface area contributed by atoms with Gasteiger partial charge in [-0.25, -0.2) is 9.97 Å². The van der Waals surface area contributed by atoms with Crippen molar-refractivity contribution in [2.24, 2.45) is 0 Å². The minimum Gasteiger partial charge on any atom is -0.237 e. The molecule has 0 aliphatic carbocycles. The zero-order chi connectivity index (χ0) is 10.9. The Morgan fingerprint density at radius 2 is 2.13 bits per heavy atom. The van der Waals surface area contributed by atoms with Crippen molar-refractivity contribution >= 4 is 23.3 Å². The number of aromatic nitrogens is 4. The molecule has 0 saturated carbocycles. The third-order valence-electron chi connectivity index (χ3n) is 1.72. The summed E-state index contributed by atoms with van der Waals surface area (Å²) < 4.78 is 2.72. The predicted molar refractivity (Wildman–Crippen MR) is 62.1 cm³/mol. The van der Waals surface area contributed by atoms with Crippen LogP contribution in [0, 0.1) is 0 Å². The smallest absolute Gasteiger partial charge is 0.172 e. The highest BCUT2D eigenvalue weighted by molar-refractivity contribution is 7.99. The van der Waals surface area contributed by atoms with Crippen molar-refractivity contribution < 1.29 is 0 Å². The van der Waals surface area contributed by atoms with Gasteiger partial charge in [-0.1, -0.05) is 20.8 Å². The number of hydrogen-bond acceptors (Lipinski definition) is 5. The molecule has 2 aromatic rings. The maximum atomic E-state index is 4.39. The molecule has 4 nitrogen and oxygen atoms in total. The molecule has 0 bridgehead atoms. The van der Waals surface area contributed by atoms with Gasteiger partial charge in [-0.3, -0.25) is 0 Å². The van der Waals surface area contributed by atoms with Crippen LogP contribution in [0.15, 0.2) is 22.2 Å². The van der Waals surface area contributed by atoms with Crippen molar-refractivity contribution in [2.45, 2.75) is 30.5 Å². The van der Waals surface area contributed by atoms with Crippen molar-refractivity contribution in [1.29, 1.82) is 0 Å². The molecule has 2 heterocycles. The zero-order valence-corrected chi connectivity index (χ0v) is 10.5. The summed E-state index contributed by atoms with van der Waals surface area (Å²) in [6, 6.07) is 0. The van der Waals surface area contributed by atoms with Gasteiger partial charge in [0.1, 0.15) is 6.33 Å². The van der Waals surface area contributed by atoms with E-state index in [0.29, 0.717) is 0 Å². The molecule has 0 atom stereocenters. The van der Waals surface area contributed by atoms with Crippen molar-refractivity contribution in [3.63, 3.8) is 0 Å². The fourth-order valence-corrected chi connectivity index (χ4v) is 2.38. The maximum absolute atomic E-state index is 4.39. The first-order valence-corrected chi connectivity index (χ1v) is 6.21. The number of thiazole rings is 1. The Kier molecular flexibility index (Phi) is 2.79. The van der Waals surface area contributed by atoms with E-state index in [2.05, 4.69) is 35.8 Å². The highest BCUT2D eigenvalue weighted by atomic mass is 32.2. The first kappa shape index (κ1) is 10.6. The molecule has 0 saturated heterocycles. The fourth-order valence-electron chi connectivity index (χ4n) is 0.972. The predicted octanol–water partition coefficient (Wildman–Crippen LogP) is 2.59. The first-order valence-electron chi connectivity index (χ1n) is 4.56. The van der Waals surface area contributed by atoms with Gasteiger partial charge in [0.05, 0.1) is 0 Å². The van der Waals surface area contributed by atoms with Gasteiger partial charge < -0.3 is 0 Å². The van der Waals surface area contributed by atoms with E-state index in [0.717, 1.165) is 10.2 Å². The van der Waals surface area contributed by atoms with E-state index in [1.165, 1.54) is 11.9 Å². The van der Waals surface area contributed by atoms with Crippen LogP contribution in [0.4, 0.5) is 0 Å². The van der Waals surface area contributed by atoms with Gasteiger partial charge in [0.15, 0.2) is 10.2 Å². The summed E-state index contributed by atoms with van der Waals surface area (Å²) in [4.78, 5) is 8.45. The Morgan fingerprint density at radius 1 is 1.33 bits per heavy atom. The monoisotopic (exact) mass is 240 g/mol. The Bertz CT molecular complexity index is 427. The average Bonchev–Trinajstić information content (AvgIpc) is 2.73. The Hall–Kier alpha value is -0.880. The molecular formula is C9H12N4S2. The number of nitrogens with zero attached hydrogens (tertiary/aromatic N) is 4. The summed E-state index contributed by atoms with van der Waals surface area (Å²) in [5.41, 5.74) is -0.00527. The summed E-state index contributed by atoms with van der Waals surface area (Å²) in [6.07, 6.45) is 3.52. The molecule has 2 rings (SSSR count). The highest BCUT2D eigenvalue weighted by Crippen LogP contribution is 2.23. The molecule has 0 aliphatic rings. The van der Waals surface area contributed by atoms with Crippen LogP contribution in [0.25, 0.3) is 0 Å². The normalized spacial score (nSPS) is 11.9. The van der Waals surface area contributed by atoms with Gasteiger partial charge >= 0.3 is 0 Å². The van der Waals surface area contributed by atoms with Gasteiger partial charge in [-0.15, -0.1) is 16.4 Å². The molecule has 0 N–H and O–H groups in total. The van der Waals surface area contributed by atoms with Crippen LogP contribution in [0.1, 0.15) is 26.6 Å². The molecule has 0 amide bonds. The van der Waals surface area contributed by atoms with E-state index in [1.54, 1.807) is 27.9 Å². The molecule has 0 aromatic carbocycles. The van der Waals surface area contributed by atoms with E-state index in [1.807, 2.05) is 5.38 Å². The van der Waals surface area contributed by atoms with E-state index in [9.17, 15) is 0 Å². The van der Waals surface area contributed by atoms with Crippen molar-refractivity contribution in [3.8, 4) is 0 Å². The molecule has 0 unspecified atom stereocenters. The van der Waals surface area contributed by atoms with Gasteiger partial charge in [-0.2, -0.15) is 4.09 Å². The Morgan fingerprint density at radius 3 is 2.67 bits per heavy atom. The van der Waals surface area contributed by atoms with E-state index < -0.39 is 0 Å². The number of rotatable bonds is 2. The van der Waals surface area contributed by atoms with Crippen molar-refractivity contribution in [2.75, 3.05) is 0 Å². The number of hydrogen-bond donors (Lipinski definition) is 0. The van der Waals surface area contributed by atoms with Crippen LogP contribution in [0.5, 0.6) is 0 Å². The highest BCUT2D eigenvalue weighted by Gasteiger charge is 2.18. The van der Waals surface area contributed by atoms with Crippen LogP contribution in [-0.2, 0) is 5.41 Å². The fraction of sp³-hybridized carbons (Fsp3) is 0.444. The molecule has 0 aliphatic heterocycles. The lowest BCUT2D eigenvalue weighted by Crippen LogP contribution is -2.13. The molecule has 0 radical (unpaired) electrons. The topological polar surface area (TPSA) is 43.6 Å². The molecule has 15 heavy (non-hydrogen) atoms. The zero-order valence-electron chi connectivity index (χ0n) is 8.84. The standard InChI is InChI=1S/C9H12N4S2/c1-9(2,3)7-11-6-13(12-7)15-8-10-4-5-14-8/h4-6H,1-3H3. The summed E-state index contributed by atoms with van der Waals surface area (Å²) in [5, 5.41) is 6.34. The van der Waals surface area contributed by atoms with E-state index >= 15 is 0 Å². The molecule has 0 fully saturated rings. The molecule has 80 valence electrons. The van der Waals surface area contributed by atoms with Crippen LogP contribution in [0.2, 0.25) is 0 Å². The lowest BCUT2D eigenvalue weighted by molar-refractivity contribution is 0.546. The lowest BCUT2D eigenvalue weighted by atomic mass is 9.96. The molecule has 0 spiro atoms. The summed E-state index contributed by atoms with van der Waals surface area (Å²) in [7, 11) is 0. The third kappa shape index (κ3) is 2.57. The van der Waals surface area contributed by atoms with E-state index in [4.69, 9.17) is 0 Å². The van der Waals surface area contributed by atoms with Crippen LogP contribution >= 0.6 is 23.3 Å². The van der Waals surface area contributed by atoms with Crippen LogP contribution in [0.3, 0.4) is 0 Å². The summed E-state index contributed by atoms with van der Waals surface area (Å²) in [6.45, 7) is 6.29. The second-order valence-electron chi connectivity index (χ2n) is 4.11. The van der Waals surface area contributed by atoms with Crippen molar-refractivity contribution in [1.82, 2.24) is 19.2 Å². The van der Waals surface area contributed by atoms with Gasteiger partial charge in [0.2, 0.25) is 0 Å². The first-order chi connectivity index (χ1) is 7.05. The minimum absolute atomic E-state index is 0.00527. The summed E-state index contributed by atoms with van der Waals surface area (Å²) in [5.74, 6) is 0.853. The summed E-state index contributed by atoms with van der Waals surface area (Å²) >= 11 is 3.08.